The van der Waals surface area contributed by atoms with Crippen LogP contribution in [0.4, 0.5) is 5.69 Å². The molecule has 7 heteroatoms. The van der Waals surface area contributed by atoms with Crippen molar-refractivity contribution in [3.05, 3.63) is 57.6 Å². The van der Waals surface area contributed by atoms with Crippen LogP contribution in [0.5, 0.6) is 5.75 Å². The highest BCUT2D eigenvalue weighted by molar-refractivity contribution is 6.36. The Hall–Kier alpha value is -2.24. The van der Waals surface area contributed by atoms with E-state index in [9.17, 15) is 14.7 Å². The zero-order valence-electron chi connectivity index (χ0n) is 11.2. The summed E-state index contributed by atoms with van der Waals surface area (Å²) < 4.78 is 4.89. The number of aromatic hydroxyl groups is 1. The number of ketones is 1. The van der Waals surface area contributed by atoms with Gasteiger partial charge in [0.25, 0.3) is 0 Å². The number of hydrogen-bond donors (Lipinski definition) is 2. The number of ether oxygens (including phenoxy) is 1. The number of nitrogen functional groups attached to an aromatic ring is 1. The number of hydrogen-bond acceptors (Lipinski definition) is 5. The molecule has 0 amide bonds. The molecule has 0 saturated heterocycles. The van der Waals surface area contributed by atoms with E-state index in [0.717, 1.165) is 6.07 Å². The van der Waals surface area contributed by atoms with Gasteiger partial charge in [-0.3, -0.25) is 4.79 Å². The minimum atomic E-state index is -0.820. The lowest BCUT2D eigenvalue weighted by Gasteiger charge is -2.08. The van der Waals surface area contributed by atoms with Crippen LogP contribution in [0.1, 0.15) is 20.7 Å². The van der Waals surface area contributed by atoms with Gasteiger partial charge in [-0.2, -0.15) is 0 Å². The molecule has 0 fully saturated rings. The number of esters is 1. The highest BCUT2D eigenvalue weighted by Gasteiger charge is 2.17. The predicted molar refractivity (Wildman–Crippen MR) is 83.6 cm³/mol. The molecule has 2 aromatic carbocycles. The molecule has 0 spiro atoms. The quantitative estimate of drug-likeness (QED) is 0.386. The molecule has 2 rings (SSSR count). The Kier molecular flexibility index (Phi) is 4.90. The first-order chi connectivity index (χ1) is 10.4. The average molecular weight is 340 g/mol. The lowest BCUT2D eigenvalue weighted by Crippen LogP contribution is -2.15. The maximum atomic E-state index is 12.0. The van der Waals surface area contributed by atoms with Crippen molar-refractivity contribution in [3.63, 3.8) is 0 Å². The minimum absolute atomic E-state index is 0.0232. The zero-order chi connectivity index (χ0) is 16.3. The number of phenols is 1. The van der Waals surface area contributed by atoms with E-state index >= 15 is 0 Å². The Morgan fingerprint density at radius 3 is 2.55 bits per heavy atom. The second-order valence-electron chi connectivity index (χ2n) is 4.40. The van der Waals surface area contributed by atoms with Gasteiger partial charge >= 0.3 is 5.97 Å². The van der Waals surface area contributed by atoms with Gasteiger partial charge in [-0.05, 0) is 36.4 Å². The summed E-state index contributed by atoms with van der Waals surface area (Å²) in [4.78, 5) is 23.9. The van der Waals surface area contributed by atoms with Crippen molar-refractivity contribution >= 4 is 40.6 Å². The van der Waals surface area contributed by atoms with Crippen molar-refractivity contribution in [3.8, 4) is 5.75 Å². The number of Topliss-reactive ketones (excluding diaryl/α,β-unsaturated/α-hetero) is 1. The largest absolute Gasteiger partial charge is 0.508 e. The van der Waals surface area contributed by atoms with Crippen LogP contribution in [0.25, 0.3) is 0 Å². The molecule has 0 saturated carbocycles. The number of anilines is 1. The van der Waals surface area contributed by atoms with Crippen LogP contribution in [-0.4, -0.2) is 23.5 Å². The molecular formula is C15H11Cl2NO4. The van der Waals surface area contributed by atoms with Crippen molar-refractivity contribution in [2.75, 3.05) is 12.3 Å². The third-order valence-electron chi connectivity index (χ3n) is 2.82. The van der Waals surface area contributed by atoms with Crippen molar-refractivity contribution < 1.29 is 19.4 Å². The fourth-order valence-corrected chi connectivity index (χ4v) is 2.11. The fourth-order valence-electron chi connectivity index (χ4n) is 1.72. The van der Waals surface area contributed by atoms with E-state index in [0.29, 0.717) is 5.02 Å². The topological polar surface area (TPSA) is 89.6 Å². The van der Waals surface area contributed by atoms with Crippen LogP contribution in [0.15, 0.2) is 36.4 Å². The molecule has 0 heterocycles. The molecule has 114 valence electrons. The number of nitrogens with two attached hydrogens (primary N) is 1. The molecule has 0 aliphatic rings. The van der Waals surface area contributed by atoms with E-state index in [1.165, 1.54) is 24.3 Å². The van der Waals surface area contributed by atoms with E-state index in [1.54, 1.807) is 6.07 Å². The van der Waals surface area contributed by atoms with Crippen molar-refractivity contribution in [2.45, 2.75) is 0 Å². The molecule has 22 heavy (non-hydrogen) atoms. The highest BCUT2D eigenvalue weighted by atomic mass is 35.5. The Morgan fingerprint density at radius 1 is 1.09 bits per heavy atom. The third-order valence-corrected chi connectivity index (χ3v) is 3.38. The van der Waals surface area contributed by atoms with E-state index in [2.05, 4.69) is 0 Å². The SMILES string of the molecule is Nc1ccc(O)cc1C(=O)OCC(=O)c1cc(Cl)ccc1Cl. The number of halogens is 2. The fraction of sp³-hybridized carbons (Fsp3) is 0.0667. The Morgan fingerprint density at radius 2 is 1.82 bits per heavy atom. The average Bonchev–Trinajstić information content (AvgIpc) is 2.49. The molecule has 0 aromatic heterocycles. The molecule has 2 aromatic rings. The second-order valence-corrected chi connectivity index (χ2v) is 5.24. The van der Waals surface area contributed by atoms with Gasteiger partial charge in [-0.25, -0.2) is 4.79 Å². The molecule has 0 atom stereocenters. The number of rotatable bonds is 4. The summed E-state index contributed by atoms with van der Waals surface area (Å²) in [5, 5.41) is 9.90. The Labute approximate surface area is 136 Å². The summed E-state index contributed by atoms with van der Waals surface area (Å²) in [6.07, 6.45) is 0. The summed E-state index contributed by atoms with van der Waals surface area (Å²) in [6.45, 7) is -0.520. The molecular weight excluding hydrogens is 329 g/mol. The first kappa shape index (κ1) is 16.1. The molecule has 5 nitrogen and oxygen atoms in total. The van der Waals surface area contributed by atoms with Crippen molar-refractivity contribution in [1.82, 2.24) is 0 Å². The summed E-state index contributed by atoms with van der Waals surface area (Å²) in [5.41, 5.74) is 5.89. The van der Waals surface area contributed by atoms with Crippen LogP contribution in [0, 0.1) is 0 Å². The summed E-state index contributed by atoms with van der Waals surface area (Å²) in [7, 11) is 0. The van der Waals surface area contributed by atoms with Crippen LogP contribution < -0.4 is 5.73 Å². The summed E-state index contributed by atoms with van der Waals surface area (Å²) in [5.74, 6) is -1.45. The second kappa shape index (κ2) is 6.68. The van der Waals surface area contributed by atoms with Crippen LogP contribution in [-0.2, 0) is 4.74 Å². The normalized spacial score (nSPS) is 10.3. The van der Waals surface area contributed by atoms with E-state index in [-0.39, 0.29) is 27.6 Å². The van der Waals surface area contributed by atoms with E-state index < -0.39 is 18.4 Å². The van der Waals surface area contributed by atoms with Crippen LogP contribution >= 0.6 is 23.2 Å². The summed E-state index contributed by atoms with van der Waals surface area (Å²) in [6, 6.07) is 8.27. The lowest BCUT2D eigenvalue weighted by molar-refractivity contribution is 0.0475. The van der Waals surface area contributed by atoms with Crippen LogP contribution in [0.2, 0.25) is 10.0 Å². The molecule has 0 aliphatic heterocycles. The molecule has 3 N–H and O–H groups in total. The summed E-state index contributed by atoms with van der Waals surface area (Å²) >= 11 is 11.7. The van der Waals surface area contributed by atoms with Gasteiger partial charge in [-0.15, -0.1) is 0 Å². The molecule has 0 bridgehead atoms. The van der Waals surface area contributed by atoms with Gasteiger partial charge in [0.05, 0.1) is 10.6 Å². The Balaban J connectivity index is 2.09. The molecule has 0 aliphatic carbocycles. The molecule has 0 unspecified atom stereocenters. The van der Waals surface area contributed by atoms with Gasteiger partial charge in [-0.1, -0.05) is 23.2 Å². The van der Waals surface area contributed by atoms with Gasteiger partial charge in [0.15, 0.2) is 6.61 Å². The van der Waals surface area contributed by atoms with Crippen LogP contribution in [0.3, 0.4) is 0 Å². The van der Waals surface area contributed by atoms with Gasteiger partial charge in [0.1, 0.15) is 5.75 Å². The predicted octanol–water partition coefficient (Wildman–Crippen LogP) is 3.32. The first-order valence-corrected chi connectivity index (χ1v) is 6.88. The lowest BCUT2D eigenvalue weighted by atomic mass is 10.1. The van der Waals surface area contributed by atoms with E-state index in [4.69, 9.17) is 33.7 Å². The molecule has 0 radical (unpaired) electrons. The number of carbonyl (C=O) groups excluding carboxylic acids is 2. The maximum Gasteiger partial charge on any atom is 0.340 e. The monoisotopic (exact) mass is 339 g/mol. The number of carbonyl (C=O) groups is 2. The van der Waals surface area contributed by atoms with Crippen molar-refractivity contribution in [2.24, 2.45) is 0 Å². The van der Waals surface area contributed by atoms with E-state index in [1.807, 2.05) is 0 Å². The maximum absolute atomic E-state index is 12.0. The van der Waals surface area contributed by atoms with Gasteiger partial charge < -0.3 is 15.6 Å². The zero-order valence-corrected chi connectivity index (χ0v) is 12.7. The smallest absolute Gasteiger partial charge is 0.340 e. The van der Waals surface area contributed by atoms with Gasteiger partial charge in [0.2, 0.25) is 5.78 Å². The van der Waals surface area contributed by atoms with Crippen molar-refractivity contribution in [1.29, 1.82) is 0 Å². The van der Waals surface area contributed by atoms with Gasteiger partial charge in [0, 0.05) is 16.3 Å². The third kappa shape index (κ3) is 3.69. The number of phenolic OH excluding ortho intramolecular Hbond substituents is 1. The standard InChI is InChI=1S/C15H11Cl2NO4/c16-8-1-3-12(17)10(5-8)14(20)7-22-15(21)11-6-9(19)2-4-13(11)18/h1-6,19H,7,18H2. The minimum Gasteiger partial charge on any atom is -0.508 e. The Bertz CT molecular complexity index is 683. The number of benzene rings is 2. The highest BCUT2D eigenvalue weighted by Crippen LogP contribution is 2.22. The first-order valence-electron chi connectivity index (χ1n) is 6.12.